The number of hydrogen-bond donors (Lipinski definition) is 2. The number of methoxy groups -OCH3 is 1. The lowest BCUT2D eigenvalue weighted by atomic mass is 10.1. The van der Waals surface area contributed by atoms with Crippen LogP contribution in [0.2, 0.25) is 0 Å². The molecule has 0 spiro atoms. The van der Waals surface area contributed by atoms with Gasteiger partial charge in [-0.25, -0.2) is 0 Å². The summed E-state index contributed by atoms with van der Waals surface area (Å²) in [6, 6.07) is 0.0335. The zero-order chi connectivity index (χ0) is 13.3. The number of hydrogen-bond acceptors (Lipinski definition) is 4. The molecule has 0 radical (unpaired) electrons. The summed E-state index contributed by atoms with van der Waals surface area (Å²) in [6.07, 6.45) is 1.75. The lowest BCUT2D eigenvalue weighted by Crippen LogP contribution is -2.46. The molecule has 102 valence electrons. The number of amides is 1. The summed E-state index contributed by atoms with van der Waals surface area (Å²) >= 11 is 0. The molecule has 0 aromatic carbocycles. The summed E-state index contributed by atoms with van der Waals surface area (Å²) in [5.41, 5.74) is 5.35. The average Bonchev–Trinajstić information content (AvgIpc) is 2.23. The highest BCUT2D eigenvalue weighted by atomic mass is 16.5. The van der Waals surface area contributed by atoms with Gasteiger partial charge in [0.2, 0.25) is 5.91 Å². The smallest absolute Gasteiger partial charge is 0.234 e. The van der Waals surface area contributed by atoms with E-state index >= 15 is 0 Å². The molecular formula is C12H27N3O2. The van der Waals surface area contributed by atoms with Crippen LogP contribution in [0.4, 0.5) is 0 Å². The minimum absolute atomic E-state index is 0.236. The number of nitrogens with one attached hydrogen (secondary N) is 1. The maximum Gasteiger partial charge on any atom is 0.234 e. The standard InChI is InChI=1S/C12H27N3O2/c1-10(2)14-11(12(13)16)6-8-15(3)7-5-9-17-4/h10-11,14H,5-9H2,1-4H3,(H2,13,16). The first-order valence-corrected chi connectivity index (χ1v) is 6.20. The number of carbonyl (C=O) groups excluding carboxylic acids is 1. The Labute approximate surface area is 105 Å². The number of rotatable bonds is 10. The van der Waals surface area contributed by atoms with E-state index < -0.39 is 0 Å². The van der Waals surface area contributed by atoms with Crippen LogP contribution < -0.4 is 11.1 Å². The Hall–Kier alpha value is -0.650. The van der Waals surface area contributed by atoms with Gasteiger partial charge < -0.3 is 20.7 Å². The molecule has 1 atom stereocenters. The fraction of sp³-hybridized carbons (Fsp3) is 0.917. The molecule has 1 amide bonds. The van der Waals surface area contributed by atoms with E-state index in [0.29, 0.717) is 0 Å². The number of carbonyl (C=O) groups is 1. The molecule has 0 aromatic heterocycles. The molecule has 0 heterocycles. The third kappa shape index (κ3) is 9.09. The Kier molecular flexibility index (Phi) is 9.03. The third-order valence-electron chi connectivity index (χ3n) is 2.57. The molecule has 0 aliphatic heterocycles. The van der Waals surface area contributed by atoms with Crippen LogP contribution in [0.15, 0.2) is 0 Å². The molecule has 0 aromatic rings. The Morgan fingerprint density at radius 3 is 2.53 bits per heavy atom. The van der Waals surface area contributed by atoms with Crippen molar-refractivity contribution in [1.82, 2.24) is 10.2 Å². The third-order valence-corrected chi connectivity index (χ3v) is 2.57. The largest absolute Gasteiger partial charge is 0.385 e. The monoisotopic (exact) mass is 245 g/mol. The zero-order valence-corrected chi connectivity index (χ0v) is 11.5. The van der Waals surface area contributed by atoms with Crippen molar-refractivity contribution >= 4 is 5.91 Å². The fourth-order valence-electron chi connectivity index (χ4n) is 1.65. The van der Waals surface area contributed by atoms with Gasteiger partial charge in [0.1, 0.15) is 0 Å². The number of ether oxygens (including phenoxy) is 1. The maximum absolute atomic E-state index is 11.2. The summed E-state index contributed by atoms with van der Waals surface area (Å²) in [5.74, 6) is -0.274. The normalized spacial score (nSPS) is 13.3. The molecule has 5 heteroatoms. The van der Waals surface area contributed by atoms with Gasteiger partial charge in [-0.2, -0.15) is 0 Å². The molecule has 3 N–H and O–H groups in total. The predicted octanol–water partition coefficient (Wildman–Crippen LogP) is 0.197. The van der Waals surface area contributed by atoms with Crippen LogP contribution in [0.1, 0.15) is 26.7 Å². The second-order valence-corrected chi connectivity index (χ2v) is 4.71. The maximum atomic E-state index is 11.2. The van der Waals surface area contributed by atoms with E-state index in [2.05, 4.69) is 10.2 Å². The fourth-order valence-corrected chi connectivity index (χ4v) is 1.65. The Morgan fingerprint density at radius 2 is 2.06 bits per heavy atom. The molecule has 0 rings (SSSR count). The molecule has 0 bridgehead atoms. The van der Waals surface area contributed by atoms with Crippen molar-refractivity contribution < 1.29 is 9.53 Å². The molecule has 1 unspecified atom stereocenters. The van der Waals surface area contributed by atoms with Gasteiger partial charge in [0.25, 0.3) is 0 Å². The van der Waals surface area contributed by atoms with Gasteiger partial charge in [-0.15, -0.1) is 0 Å². The van der Waals surface area contributed by atoms with Gasteiger partial charge in [0.15, 0.2) is 0 Å². The first-order chi connectivity index (χ1) is 7.97. The molecule has 0 fully saturated rings. The highest BCUT2D eigenvalue weighted by Gasteiger charge is 2.16. The van der Waals surface area contributed by atoms with Crippen molar-refractivity contribution in [3.05, 3.63) is 0 Å². The van der Waals surface area contributed by atoms with Gasteiger partial charge in [-0.1, -0.05) is 13.8 Å². The first kappa shape index (κ1) is 16.4. The van der Waals surface area contributed by atoms with Gasteiger partial charge in [-0.05, 0) is 26.4 Å². The average molecular weight is 245 g/mol. The quantitative estimate of drug-likeness (QED) is 0.539. The van der Waals surface area contributed by atoms with Crippen LogP contribution in [-0.2, 0) is 9.53 Å². The highest BCUT2D eigenvalue weighted by molar-refractivity contribution is 5.79. The van der Waals surface area contributed by atoms with Gasteiger partial charge in [0.05, 0.1) is 6.04 Å². The van der Waals surface area contributed by atoms with Crippen LogP contribution >= 0.6 is 0 Å². The SMILES string of the molecule is COCCCN(C)CCC(NC(C)C)C(N)=O. The Balaban J connectivity index is 3.83. The van der Waals surface area contributed by atoms with Crippen LogP contribution in [0, 0.1) is 0 Å². The summed E-state index contributed by atoms with van der Waals surface area (Å²) in [7, 11) is 3.75. The summed E-state index contributed by atoms with van der Waals surface area (Å²) in [4.78, 5) is 13.4. The minimum Gasteiger partial charge on any atom is -0.385 e. The molecular weight excluding hydrogens is 218 g/mol. The van der Waals surface area contributed by atoms with Crippen LogP contribution in [0.5, 0.6) is 0 Å². The topological polar surface area (TPSA) is 67.6 Å². The van der Waals surface area contributed by atoms with E-state index in [9.17, 15) is 4.79 Å². The van der Waals surface area contributed by atoms with E-state index in [1.807, 2.05) is 20.9 Å². The Bertz CT molecular complexity index is 210. The van der Waals surface area contributed by atoms with Crippen LogP contribution in [0.25, 0.3) is 0 Å². The first-order valence-electron chi connectivity index (χ1n) is 6.20. The van der Waals surface area contributed by atoms with E-state index in [-0.39, 0.29) is 18.0 Å². The van der Waals surface area contributed by atoms with Crippen LogP contribution in [0.3, 0.4) is 0 Å². The number of primary amides is 1. The minimum atomic E-state index is -0.274. The summed E-state index contributed by atoms with van der Waals surface area (Å²) < 4.78 is 5.00. The lowest BCUT2D eigenvalue weighted by molar-refractivity contribution is -0.120. The summed E-state index contributed by atoms with van der Waals surface area (Å²) in [5, 5.41) is 3.18. The van der Waals surface area contributed by atoms with E-state index in [0.717, 1.165) is 32.5 Å². The molecule has 0 aliphatic carbocycles. The molecule has 0 aliphatic rings. The van der Waals surface area contributed by atoms with Crippen molar-refractivity contribution in [2.45, 2.75) is 38.8 Å². The van der Waals surface area contributed by atoms with Crippen molar-refractivity contribution in [3.63, 3.8) is 0 Å². The van der Waals surface area contributed by atoms with Crippen molar-refractivity contribution in [2.75, 3.05) is 33.9 Å². The van der Waals surface area contributed by atoms with Crippen molar-refractivity contribution in [2.24, 2.45) is 5.73 Å². The lowest BCUT2D eigenvalue weighted by Gasteiger charge is -2.22. The number of nitrogens with zero attached hydrogens (tertiary/aromatic N) is 1. The Morgan fingerprint density at radius 1 is 1.41 bits per heavy atom. The van der Waals surface area contributed by atoms with E-state index in [1.165, 1.54) is 0 Å². The van der Waals surface area contributed by atoms with Crippen molar-refractivity contribution in [1.29, 1.82) is 0 Å². The molecule has 0 saturated carbocycles. The van der Waals surface area contributed by atoms with Gasteiger partial charge >= 0.3 is 0 Å². The number of nitrogens with two attached hydrogens (primary N) is 1. The second kappa shape index (κ2) is 9.39. The van der Waals surface area contributed by atoms with E-state index in [4.69, 9.17) is 10.5 Å². The molecule has 5 nitrogen and oxygen atoms in total. The zero-order valence-electron chi connectivity index (χ0n) is 11.5. The van der Waals surface area contributed by atoms with E-state index in [1.54, 1.807) is 7.11 Å². The molecule has 0 saturated heterocycles. The molecule has 17 heavy (non-hydrogen) atoms. The van der Waals surface area contributed by atoms with Crippen LogP contribution in [-0.4, -0.2) is 56.7 Å². The van der Waals surface area contributed by atoms with Gasteiger partial charge in [-0.3, -0.25) is 4.79 Å². The highest BCUT2D eigenvalue weighted by Crippen LogP contribution is 1.97. The second-order valence-electron chi connectivity index (χ2n) is 4.71. The summed E-state index contributed by atoms with van der Waals surface area (Å²) in [6.45, 7) is 6.63. The predicted molar refractivity (Wildman–Crippen MR) is 69.9 cm³/mol. The van der Waals surface area contributed by atoms with Crippen molar-refractivity contribution in [3.8, 4) is 0 Å². The van der Waals surface area contributed by atoms with Gasteiger partial charge in [0, 0.05) is 26.3 Å².